The number of carboxylic acids is 1. The van der Waals surface area contributed by atoms with Crippen LogP contribution >= 0.6 is 12.4 Å². The highest BCUT2D eigenvalue weighted by molar-refractivity contribution is 6.11. The maximum absolute atomic E-state index is 10.7. The zero-order valence-corrected chi connectivity index (χ0v) is 9.15. The average Bonchev–Trinajstić information content (AvgIpc) is 2.68. The zero-order valence-electron chi connectivity index (χ0n) is 8.33. The van der Waals surface area contributed by atoms with Gasteiger partial charge in [0.25, 0.3) is 0 Å². The molecule has 0 radical (unpaired) electrons. The van der Waals surface area contributed by atoms with Gasteiger partial charge in [-0.1, -0.05) is 12.1 Å². The van der Waals surface area contributed by atoms with Crippen molar-refractivity contribution in [2.75, 3.05) is 5.73 Å². The Morgan fingerprint density at radius 3 is 2.44 bits per heavy atom. The van der Waals surface area contributed by atoms with E-state index >= 15 is 0 Å². The van der Waals surface area contributed by atoms with Crippen LogP contribution in [0.1, 0.15) is 5.56 Å². The SMILES string of the molecule is Cl.Nc1ccc(C2=NC(C(=O)O)C=C2)cc1. The summed E-state index contributed by atoms with van der Waals surface area (Å²) in [6.45, 7) is 0. The second-order valence-corrected chi connectivity index (χ2v) is 3.28. The number of halogens is 1. The van der Waals surface area contributed by atoms with Crippen LogP contribution in [0, 0.1) is 0 Å². The zero-order chi connectivity index (χ0) is 10.8. The van der Waals surface area contributed by atoms with E-state index in [1.165, 1.54) is 0 Å². The molecule has 0 aliphatic carbocycles. The van der Waals surface area contributed by atoms with Gasteiger partial charge in [0.1, 0.15) is 0 Å². The molecule has 1 aromatic rings. The molecule has 5 heteroatoms. The lowest BCUT2D eigenvalue weighted by molar-refractivity contribution is -0.137. The van der Waals surface area contributed by atoms with Crippen molar-refractivity contribution in [1.29, 1.82) is 0 Å². The number of carbonyl (C=O) groups is 1. The highest BCUT2D eigenvalue weighted by atomic mass is 35.5. The smallest absolute Gasteiger partial charge is 0.332 e. The lowest BCUT2D eigenvalue weighted by Gasteiger charge is -2.00. The number of nitrogen functional groups attached to an aromatic ring is 1. The number of aliphatic imine (C=N–C) groups is 1. The summed E-state index contributed by atoms with van der Waals surface area (Å²) in [4.78, 5) is 14.7. The van der Waals surface area contributed by atoms with Gasteiger partial charge in [-0.15, -0.1) is 12.4 Å². The monoisotopic (exact) mass is 238 g/mol. The van der Waals surface area contributed by atoms with Crippen LogP contribution in [0.15, 0.2) is 41.4 Å². The molecule has 0 spiro atoms. The van der Waals surface area contributed by atoms with Gasteiger partial charge in [-0.3, -0.25) is 4.99 Å². The molecule has 84 valence electrons. The number of anilines is 1. The van der Waals surface area contributed by atoms with Crippen LogP contribution in [-0.4, -0.2) is 22.8 Å². The van der Waals surface area contributed by atoms with Gasteiger partial charge < -0.3 is 10.8 Å². The molecule has 1 aromatic carbocycles. The van der Waals surface area contributed by atoms with Crippen molar-refractivity contribution >= 4 is 29.8 Å². The van der Waals surface area contributed by atoms with E-state index in [1.807, 2.05) is 12.1 Å². The molecule has 0 bridgehead atoms. The normalized spacial score (nSPS) is 17.8. The maximum Gasteiger partial charge on any atom is 0.332 e. The van der Waals surface area contributed by atoms with Gasteiger partial charge in [-0.2, -0.15) is 0 Å². The third-order valence-corrected chi connectivity index (χ3v) is 2.17. The summed E-state index contributed by atoms with van der Waals surface area (Å²) in [6, 6.07) is 6.42. The Bertz CT molecular complexity index is 452. The predicted octanol–water partition coefficient (Wildman–Crippen LogP) is 1.50. The van der Waals surface area contributed by atoms with Crippen molar-refractivity contribution in [2.24, 2.45) is 4.99 Å². The Hall–Kier alpha value is -1.81. The van der Waals surface area contributed by atoms with Crippen LogP contribution in [-0.2, 0) is 4.79 Å². The van der Waals surface area contributed by atoms with E-state index in [1.54, 1.807) is 24.3 Å². The van der Waals surface area contributed by atoms with Crippen LogP contribution in [0.5, 0.6) is 0 Å². The van der Waals surface area contributed by atoms with Crippen molar-refractivity contribution in [3.05, 3.63) is 42.0 Å². The molecule has 1 heterocycles. The van der Waals surface area contributed by atoms with Gasteiger partial charge in [-0.05, 0) is 29.8 Å². The summed E-state index contributed by atoms with van der Waals surface area (Å²) < 4.78 is 0. The second-order valence-electron chi connectivity index (χ2n) is 3.28. The number of carboxylic acid groups (broad SMARTS) is 1. The summed E-state index contributed by atoms with van der Waals surface area (Å²) in [7, 11) is 0. The van der Waals surface area contributed by atoms with Gasteiger partial charge >= 0.3 is 5.97 Å². The third kappa shape index (κ3) is 2.41. The van der Waals surface area contributed by atoms with E-state index in [0.717, 1.165) is 5.56 Å². The van der Waals surface area contributed by atoms with Crippen LogP contribution in [0.3, 0.4) is 0 Å². The van der Waals surface area contributed by atoms with Crippen LogP contribution < -0.4 is 5.73 Å². The van der Waals surface area contributed by atoms with E-state index in [0.29, 0.717) is 11.4 Å². The van der Waals surface area contributed by atoms with Gasteiger partial charge in [0.15, 0.2) is 6.04 Å². The van der Waals surface area contributed by atoms with Crippen molar-refractivity contribution < 1.29 is 9.90 Å². The second kappa shape index (κ2) is 4.81. The minimum absolute atomic E-state index is 0. The summed E-state index contributed by atoms with van der Waals surface area (Å²) in [6.07, 6.45) is 3.28. The molecule has 0 amide bonds. The number of allylic oxidation sites excluding steroid dienone is 1. The van der Waals surface area contributed by atoms with Gasteiger partial charge in [0, 0.05) is 5.69 Å². The molecule has 3 N–H and O–H groups in total. The van der Waals surface area contributed by atoms with E-state index in [4.69, 9.17) is 10.8 Å². The number of hydrogen-bond donors (Lipinski definition) is 2. The van der Waals surface area contributed by atoms with E-state index in [2.05, 4.69) is 4.99 Å². The van der Waals surface area contributed by atoms with Crippen LogP contribution in [0.2, 0.25) is 0 Å². The molecule has 1 unspecified atom stereocenters. The third-order valence-electron chi connectivity index (χ3n) is 2.17. The first-order valence-corrected chi connectivity index (χ1v) is 4.51. The number of benzene rings is 1. The summed E-state index contributed by atoms with van der Waals surface area (Å²) >= 11 is 0. The number of aliphatic carboxylic acids is 1. The van der Waals surface area contributed by atoms with E-state index in [-0.39, 0.29) is 12.4 Å². The minimum Gasteiger partial charge on any atom is -0.479 e. The quantitative estimate of drug-likeness (QED) is 0.767. The van der Waals surface area contributed by atoms with Crippen molar-refractivity contribution in [3.63, 3.8) is 0 Å². The molecule has 1 aliphatic heterocycles. The van der Waals surface area contributed by atoms with Crippen molar-refractivity contribution in [1.82, 2.24) is 0 Å². The topological polar surface area (TPSA) is 75.7 Å². The van der Waals surface area contributed by atoms with Crippen molar-refractivity contribution in [2.45, 2.75) is 6.04 Å². The Morgan fingerprint density at radius 2 is 1.94 bits per heavy atom. The summed E-state index contributed by atoms with van der Waals surface area (Å²) in [5.74, 6) is -0.934. The Kier molecular flexibility index (Phi) is 3.68. The van der Waals surface area contributed by atoms with Gasteiger partial charge in [0.05, 0.1) is 5.71 Å². The molecule has 0 aromatic heterocycles. The van der Waals surface area contributed by atoms with Crippen LogP contribution in [0.4, 0.5) is 5.69 Å². The fourth-order valence-corrected chi connectivity index (χ4v) is 1.38. The largest absolute Gasteiger partial charge is 0.479 e. The maximum atomic E-state index is 10.7. The molecule has 1 aliphatic rings. The number of nitrogens with two attached hydrogens (primary N) is 1. The summed E-state index contributed by atoms with van der Waals surface area (Å²) in [5, 5.41) is 8.74. The molecular formula is C11H11ClN2O2. The van der Waals surface area contributed by atoms with Gasteiger partial charge in [-0.25, -0.2) is 4.79 Å². The molecule has 2 rings (SSSR count). The first-order valence-electron chi connectivity index (χ1n) is 4.51. The average molecular weight is 239 g/mol. The fraction of sp³-hybridized carbons (Fsp3) is 0.0909. The lowest BCUT2D eigenvalue weighted by Crippen LogP contribution is -2.12. The van der Waals surface area contributed by atoms with E-state index in [9.17, 15) is 4.79 Å². The predicted molar refractivity (Wildman–Crippen MR) is 65.2 cm³/mol. The Morgan fingerprint density at radius 1 is 1.31 bits per heavy atom. The molecule has 16 heavy (non-hydrogen) atoms. The molecule has 0 fully saturated rings. The van der Waals surface area contributed by atoms with E-state index < -0.39 is 12.0 Å². The standard InChI is InChI=1S/C11H10N2O2.ClH/c12-8-3-1-7(2-4-8)9-5-6-10(13-9)11(14)15;/h1-6,10H,12H2,(H,14,15);1H. The molecule has 1 atom stereocenters. The fourth-order valence-electron chi connectivity index (χ4n) is 1.38. The Labute approximate surface area is 98.9 Å². The molecule has 0 saturated carbocycles. The number of rotatable bonds is 2. The molecule has 4 nitrogen and oxygen atoms in total. The first kappa shape index (κ1) is 12.3. The lowest BCUT2D eigenvalue weighted by atomic mass is 10.1. The van der Waals surface area contributed by atoms with Crippen LogP contribution in [0.25, 0.3) is 0 Å². The highest BCUT2D eigenvalue weighted by Crippen LogP contribution is 2.13. The molecular weight excluding hydrogens is 228 g/mol. The number of hydrogen-bond acceptors (Lipinski definition) is 3. The highest BCUT2D eigenvalue weighted by Gasteiger charge is 2.18. The van der Waals surface area contributed by atoms with Gasteiger partial charge in [0.2, 0.25) is 0 Å². The number of nitrogens with zero attached hydrogens (tertiary/aromatic N) is 1. The minimum atomic E-state index is -0.934. The summed E-state index contributed by atoms with van der Waals surface area (Å²) in [5.41, 5.74) is 7.79. The Balaban J connectivity index is 0.00000128. The first-order chi connectivity index (χ1) is 7.16. The van der Waals surface area contributed by atoms with Crippen molar-refractivity contribution in [3.8, 4) is 0 Å². The molecule has 0 saturated heterocycles.